The molecule has 0 aromatic carbocycles. The van der Waals surface area contributed by atoms with Crippen LogP contribution in [-0.4, -0.2) is 25.2 Å². The van der Waals surface area contributed by atoms with E-state index in [0.29, 0.717) is 5.92 Å². The van der Waals surface area contributed by atoms with Gasteiger partial charge in [0.2, 0.25) is 0 Å². The largest absolute Gasteiger partial charge is 0.383 e. The van der Waals surface area contributed by atoms with Crippen LogP contribution in [0.15, 0.2) is 0 Å². The Balaban J connectivity index is 2.58. The quantitative estimate of drug-likeness (QED) is 0.746. The molecule has 0 aliphatic rings. The van der Waals surface area contributed by atoms with Crippen LogP contribution in [0.5, 0.6) is 0 Å². The van der Waals surface area contributed by atoms with E-state index >= 15 is 0 Å². The molecule has 3 nitrogen and oxygen atoms in total. The van der Waals surface area contributed by atoms with Gasteiger partial charge in [0.25, 0.3) is 0 Å². The molecule has 1 aromatic rings. The molecule has 0 unspecified atom stereocenters. The number of rotatable bonds is 7. The summed E-state index contributed by atoms with van der Waals surface area (Å²) in [6.45, 7) is 9.13. The first kappa shape index (κ1) is 13.6. The van der Waals surface area contributed by atoms with E-state index in [2.05, 4.69) is 31.1 Å². The van der Waals surface area contributed by atoms with Gasteiger partial charge >= 0.3 is 0 Å². The Labute approximate surface area is 102 Å². The van der Waals surface area contributed by atoms with Crippen molar-refractivity contribution in [2.24, 2.45) is 0 Å². The first-order valence-corrected chi connectivity index (χ1v) is 6.68. The Morgan fingerprint density at radius 1 is 1.44 bits per heavy atom. The second-order valence-electron chi connectivity index (χ2n) is 4.09. The third-order valence-corrected chi connectivity index (χ3v) is 3.61. The number of ether oxygens (including phenoxy) is 1. The smallest absolute Gasteiger partial charge is 0.0929 e. The summed E-state index contributed by atoms with van der Waals surface area (Å²) in [5.74, 6) is 0.510. The lowest BCUT2D eigenvalue weighted by Crippen LogP contribution is -2.18. The molecule has 0 bridgehead atoms. The molecule has 0 saturated carbocycles. The van der Waals surface area contributed by atoms with Crippen molar-refractivity contribution in [1.82, 2.24) is 10.3 Å². The van der Waals surface area contributed by atoms with Gasteiger partial charge in [-0.1, -0.05) is 20.8 Å². The van der Waals surface area contributed by atoms with Crippen molar-refractivity contribution in [3.05, 3.63) is 15.6 Å². The van der Waals surface area contributed by atoms with E-state index in [4.69, 9.17) is 4.74 Å². The number of hydrogen-bond donors (Lipinski definition) is 1. The molecule has 4 heteroatoms. The van der Waals surface area contributed by atoms with Crippen LogP contribution >= 0.6 is 11.3 Å². The lowest BCUT2D eigenvalue weighted by Gasteiger charge is -2.06. The number of methoxy groups -OCH3 is 1. The summed E-state index contributed by atoms with van der Waals surface area (Å²) in [5, 5.41) is 4.62. The fraction of sp³-hybridized carbons (Fsp3) is 0.750. The van der Waals surface area contributed by atoms with Gasteiger partial charge in [-0.25, -0.2) is 4.98 Å². The molecule has 92 valence electrons. The van der Waals surface area contributed by atoms with E-state index in [9.17, 15) is 0 Å². The number of nitrogens with zero attached hydrogens (tertiary/aromatic N) is 1. The maximum Gasteiger partial charge on any atom is 0.0929 e. The molecule has 0 radical (unpaired) electrons. The number of nitrogens with one attached hydrogen (secondary N) is 1. The first-order valence-electron chi connectivity index (χ1n) is 5.87. The van der Waals surface area contributed by atoms with Crippen LogP contribution < -0.4 is 5.32 Å². The minimum absolute atomic E-state index is 0.510. The molecule has 0 aliphatic carbocycles. The van der Waals surface area contributed by atoms with Gasteiger partial charge in [0, 0.05) is 25.1 Å². The third kappa shape index (κ3) is 3.85. The summed E-state index contributed by atoms with van der Waals surface area (Å²) >= 11 is 1.83. The monoisotopic (exact) mass is 242 g/mol. The SMILES string of the molecule is CCc1nc(C(C)C)c(CNCCOC)s1. The highest BCUT2D eigenvalue weighted by Crippen LogP contribution is 2.25. The Morgan fingerprint density at radius 2 is 2.19 bits per heavy atom. The minimum Gasteiger partial charge on any atom is -0.383 e. The van der Waals surface area contributed by atoms with Crippen LogP contribution in [0.2, 0.25) is 0 Å². The maximum atomic E-state index is 5.01. The molecule has 1 N–H and O–H groups in total. The summed E-state index contributed by atoms with van der Waals surface area (Å²) in [7, 11) is 1.73. The van der Waals surface area contributed by atoms with Crippen molar-refractivity contribution >= 4 is 11.3 Å². The summed E-state index contributed by atoms with van der Waals surface area (Å²) < 4.78 is 5.01. The highest BCUT2D eigenvalue weighted by atomic mass is 32.1. The van der Waals surface area contributed by atoms with Crippen molar-refractivity contribution in [3.63, 3.8) is 0 Å². The Morgan fingerprint density at radius 3 is 2.75 bits per heavy atom. The molecule has 0 aliphatic heterocycles. The molecule has 1 aromatic heterocycles. The number of aryl methyl sites for hydroxylation is 1. The highest BCUT2D eigenvalue weighted by molar-refractivity contribution is 7.11. The minimum atomic E-state index is 0.510. The summed E-state index contributed by atoms with van der Waals surface area (Å²) in [5.41, 5.74) is 1.26. The molecule has 0 fully saturated rings. The molecule has 0 atom stereocenters. The lowest BCUT2D eigenvalue weighted by molar-refractivity contribution is 0.199. The maximum absolute atomic E-state index is 5.01. The topological polar surface area (TPSA) is 34.2 Å². The standard InChI is InChI=1S/C12H22N2OS/c1-5-11-14-12(9(2)3)10(16-11)8-13-6-7-15-4/h9,13H,5-8H2,1-4H3. The molecule has 1 heterocycles. The predicted octanol–water partition coefficient (Wildman–Crippen LogP) is 2.56. The highest BCUT2D eigenvalue weighted by Gasteiger charge is 2.12. The first-order chi connectivity index (χ1) is 7.69. The van der Waals surface area contributed by atoms with Crippen molar-refractivity contribution in [2.75, 3.05) is 20.3 Å². The van der Waals surface area contributed by atoms with Gasteiger partial charge in [-0.15, -0.1) is 11.3 Å². The summed E-state index contributed by atoms with van der Waals surface area (Å²) in [4.78, 5) is 6.05. The van der Waals surface area contributed by atoms with Crippen LogP contribution in [0.25, 0.3) is 0 Å². The Hall–Kier alpha value is -0.450. The predicted molar refractivity (Wildman–Crippen MR) is 69.2 cm³/mol. The van der Waals surface area contributed by atoms with Gasteiger partial charge in [-0.3, -0.25) is 0 Å². The van der Waals surface area contributed by atoms with Crippen molar-refractivity contribution < 1.29 is 4.74 Å². The van der Waals surface area contributed by atoms with Gasteiger partial charge in [0.1, 0.15) is 0 Å². The number of aromatic nitrogens is 1. The zero-order valence-corrected chi connectivity index (χ0v) is 11.5. The van der Waals surface area contributed by atoms with Crippen molar-refractivity contribution in [3.8, 4) is 0 Å². The van der Waals surface area contributed by atoms with Crippen molar-refractivity contribution in [1.29, 1.82) is 0 Å². The van der Waals surface area contributed by atoms with Crippen LogP contribution in [0, 0.1) is 0 Å². The number of hydrogen-bond acceptors (Lipinski definition) is 4. The van der Waals surface area contributed by atoms with Gasteiger partial charge in [0.05, 0.1) is 17.3 Å². The van der Waals surface area contributed by atoms with Gasteiger partial charge in [-0.2, -0.15) is 0 Å². The molecular weight excluding hydrogens is 220 g/mol. The fourth-order valence-corrected chi connectivity index (χ4v) is 2.65. The average molecular weight is 242 g/mol. The van der Waals surface area contributed by atoms with E-state index in [1.807, 2.05) is 11.3 Å². The van der Waals surface area contributed by atoms with E-state index in [1.54, 1.807) is 7.11 Å². The van der Waals surface area contributed by atoms with Crippen molar-refractivity contribution in [2.45, 2.75) is 39.7 Å². The zero-order chi connectivity index (χ0) is 12.0. The fourth-order valence-electron chi connectivity index (χ4n) is 1.52. The van der Waals surface area contributed by atoms with E-state index in [-0.39, 0.29) is 0 Å². The second kappa shape index (κ2) is 6.99. The van der Waals surface area contributed by atoms with Gasteiger partial charge in [-0.05, 0) is 12.3 Å². The van der Waals surface area contributed by atoms with Crippen LogP contribution in [-0.2, 0) is 17.7 Å². The second-order valence-corrected chi connectivity index (χ2v) is 5.26. The molecule has 0 spiro atoms. The van der Waals surface area contributed by atoms with E-state index in [0.717, 1.165) is 26.1 Å². The molecule has 16 heavy (non-hydrogen) atoms. The van der Waals surface area contributed by atoms with Crippen LogP contribution in [0.4, 0.5) is 0 Å². The zero-order valence-electron chi connectivity index (χ0n) is 10.7. The van der Waals surface area contributed by atoms with Crippen LogP contribution in [0.3, 0.4) is 0 Å². The molecular formula is C12H22N2OS. The third-order valence-electron chi connectivity index (χ3n) is 2.39. The molecule has 0 saturated heterocycles. The van der Waals surface area contributed by atoms with E-state index < -0.39 is 0 Å². The molecule has 1 rings (SSSR count). The summed E-state index contributed by atoms with van der Waals surface area (Å²) in [6, 6.07) is 0. The van der Waals surface area contributed by atoms with Gasteiger partial charge in [0.15, 0.2) is 0 Å². The Kier molecular flexibility index (Phi) is 5.95. The average Bonchev–Trinajstić information content (AvgIpc) is 2.68. The summed E-state index contributed by atoms with van der Waals surface area (Å²) in [6.07, 6.45) is 1.03. The number of thiazole rings is 1. The molecule has 0 amide bonds. The van der Waals surface area contributed by atoms with E-state index in [1.165, 1.54) is 15.6 Å². The van der Waals surface area contributed by atoms with Crippen LogP contribution in [0.1, 0.15) is 42.3 Å². The normalized spacial score (nSPS) is 11.3. The lowest BCUT2D eigenvalue weighted by atomic mass is 10.1. The van der Waals surface area contributed by atoms with Gasteiger partial charge < -0.3 is 10.1 Å². The Bertz CT molecular complexity index is 310.